The van der Waals surface area contributed by atoms with Crippen LogP contribution in [0, 0.1) is 0 Å². The number of nitrogens with zero attached hydrogens (tertiary/aromatic N) is 2. The fourth-order valence-electron chi connectivity index (χ4n) is 3.26. The number of thioether (sulfide) groups is 2. The summed E-state index contributed by atoms with van der Waals surface area (Å²) in [5.41, 5.74) is 7.99. The molecular formula is C30H33N3O4S2. The summed E-state index contributed by atoms with van der Waals surface area (Å²) >= 11 is 3.60. The van der Waals surface area contributed by atoms with Gasteiger partial charge in [0, 0.05) is 52.6 Å². The number of carboxylic acids is 1. The first-order valence-corrected chi connectivity index (χ1v) is 14.5. The van der Waals surface area contributed by atoms with E-state index in [9.17, 15) is 4.79 Å². The third-order valence-electron chi connectivity index (χ3n) is 5.21. The van der Waals surface area contributed by atoms with Crippen molar-refractivity contribution in [2.75, 3.05) is 31.3 Å². The van der Waals surface area contributed by atoms with Gasteiger partial charge in [-0.2, -0.15) is 0 Å². The number of aromatic nitrogens is 2. The third-order valence-corrected chi connectivity index (χ3v) is 7.24. The van der Waals surface area contributed by atoms with Crippen LogP contribution < -0.4 is 15.2 Å². The molecule has 39 heavy (non-hydrogen) atoms. The topological polar surface area (TPSA) is 108 Å². The average Bonchev–Trinajstić information content (AvgIpc) is 2.98. The minimum absolute atomic E-state index is 0.311. The fraction of sp³-hybridized carbons (Fsp3) is 0.233. The lowest BCUT2D eigenvalue weighted by atomic mass is 10.2. The van der Waals surface area contributed by atoms with E-state index in [1.165, 1.54) is 16.0 Å². The Hall–Kier alpha value is -3.53. The second-order valence-corrected chi connectivity index (χ2v) is 10.5. The molecule has 0 aliphatic rings. The van der Waals surface area contributed by atoms with Crippen LogP contribution in [0.4, 0.5) is 0 Å². The van der Waals surface area contributed by atoms with Gasteiger partial charge in [0.1, 0.15) is 18.1 Å². The molecule has 0 atom stereocenters. The number of hydrogen-bond acceptors (Lipinski definition) is 8. The summed E-state index contributed by atoms with van der Waals surface area (Å²) in [6.07, 6.45) is 9.32. The number of ether oxygens (including phenoxy) is 2. The number of pyridine rings is 2. The van der Waals surface area contributed by atoms with Crippen molar-refractivity contribution in [3.63, 3.8) is 0 Å². The Morgan fingerprint density at radius 1 is 0.692 bits per heavy atom. The Morgan fingerprint density at radius 2 is 1.13 bits per heavy atom. The van der Waals surface area contributed by atoms with Gasteiger partial charge in [-0.25, -0.2) is 4.79 Å². The molecule has 3 N–H and O–H groups in total. The van der Waals surface area contributed by atoms with E-state index in [1.807, 2.05) is 60.6 Å². The van der Waals surface area contributed by atoms with Gasteiger partial charge >= 0.3 is 5.97 Å². The summed E-state index contributed by atoms with van der Waals surface area (Å²) in [4.78, 5) is 20.8. The maximum atomic E-state index is 10.4. The van der Waals surface area contributed by atoms with Crippen molar-refractivity contribution in [1.82, 2.24) is 9.97 Å². The third kappa shape index (κ3) is 12.7. The van der Waals surface area contributed by atoms with E-state index in [4.69, 9.17) is 20.3 Å². The highest BCUT2D eigenvalue weighted by Crippen LogP contribution is 2.23. The Kier molecular flexibility index (Phi) is 13.8. The van der Waals surface area contributed by atoms with E-state index >= 15 is 0 Å². The molecule has 9 heteroatoms. The normalized spacial score (nSPS) is 10.3. The quantitative estimate of drug-likeness (QED) is 0.189. The van der Waals surface area contributed by atoms with E-state index in [0.29, 0.717) is 18.9 Å². The number of aliphatic carboxylic acids is 1. The number of nitrogens with two attached hydrogens (primary N) is 1. The van der Waals surface area contributed by atoms with Gasteiger partial charge in [-0.05, 0) is 96.8 Å². The van der Waals surface area contributed by atoms with Gasteiger partial charge in [0.05, 0.1) is 0 Å². The van der Waals surface area contributed by atoms with Crippen molar-refractivity contribution in [3.8, 4) is 11.5 Å². The number of rotatable bonds is 14. The molecule has 0 saturated heterocycles. The predicted molar refractivity (Wildman–Crippen MR) is 158 cm³/mol. The molecule has 0 unspecified atom stereocenters. The lowest BCUT2D eigenvalue weighted by Crippen LogP contribution is -2.10. The maximum absolute atomic E-state index is 10.4. The Bertz CT molecular complexity index is 1210. The first-order valence-electron chi connectivity index (χ1n) is 12.5. The fourth-order valence-corrected chi connectivity index (χ4v) is 5.06. The van der Waals surface area contributed by atoms with Crippen molar-refractivity contribution in [2.45, 2.75) is 22.6 Å². The zero-order chi connectivity index (χ0) is 27.5. The van der Waals surface area contributed by atoms with Crippen LogP contribution in [0.2, 0.25) is 0 Å². The number of aryl methyl sites for hydroxylation is 2. The van der Waals surface area contributed by atoms with Crippen LogP contribution in [0.15, 0.2) is 107 Å². The Balaban J connectivity index is 0.000000216. The molecule has 7 nitrogen and oxygen atoms in total. The van der Waals surface area contributed by atoms with E-state index < -0.39 is 5.97 Å². The summed E-state index contributed by atoms with van der Waals surface area (Å²) in [6.45, 7) is 0.797. The van der Waals surface area contributed by atoms with Gasteiger partial charge in [-0.1, -0.05) is 0 Å². The van der Waals surface area contributed by atoms with Crippen LogP contribution in [-0.4, -0.2) is 52.3 Å². The summed E-state index contributed by atoms with van der Waals surface area (Å²) in [6, 6.07) is 23.8. The van der Waals surface area contributed by atoms with Gasteiger partial charge in [0.25, 0.3) is 0 Å². The first-order chi connectivity index (χ1) is 19.1. The van der Waals surface area contributed by atoms with E-state index in [1.54, 1.807) is 36.3 Å². The maximum Gasteiger partial charge on any atom is 0.341 e. The molecule has 4 aromatic rings. The van der Waals surface area contributed by atoms with Crippen LogP contribution in [0.3, 0.4) is 0 Å². The van der Waals surface area contributed by atoms with Crippen LogP contribution in [0.25, 0.3) is 0 Å². The molecule has 0 fully saturated rings. The standard InChI is InChI=1S/C15H18N2OS.C15H15NO3S/c16-8-11-18-14-1-3-15(4-2-14)19-12-7-13-5-9-17-10-6-13;17-15(18)11-19-13-1-3-14(4-2-13)20-10-7-12-5-8-16-9-6-12/h1-6,9-10H,7-8,11-12,16H2;1-6,8-9H,7,10-11H2,(H,17,18). The number of hydrogen-bond donors (Lipinski definition) is 2. The van der Waals surface area contributed by atoms with E-state index in [2.05, 4.69) is 34.2 Å². The molecule has 0 amide bonds. The smallest absolute Gasteiger partial charge is 0.341 e. The molecule has 0 aliphatic heterocycles. The molecular weight excluding hydrogens is 530 g/mol. The van der Waals surface area contributed by atoms with Crippen molar-refractivity contribution in [1.29, 1.82) is 0 Å². The zero-order valence-corrected chi connectivity index (χ0v) is 23.3. The molecule has 0 saturated carbocycles. The molecule has 2 aromatic carbocycles. The molecule has 204 valence electrons. The van der Waals surface area contributed by atoms with Crippen LogP contribution in [-0.2, 0) is 17.6 Å². The monoisotopic (exact) mass is 563 g/mol. The summed E-state index contributed by atoms with van der Waals surface area (Å²) in [5, 5.41) is 8.52. The van der Waals surface area contributed by atoms with Gasteiger partial charge in [-0.15, -0.1) is 23.5 Å². The summed E-state index contributed by atoms with van der Waals surface area (Å²) < 4.78 is 10.5. The van der Waals surface area contributed by atoms with Crippen molar-refractivity contribution in [2.24, 2.45) is 5.73 Å². The molecule has 4 rings (SSSR count). The van der Waals surface area contributed by atoms with Crippen molar-refractivity contribution in [3.05, 3.63) is 109 Å². The minimum Gasteiger partial charge on any atom is -0.492 e. The highest BCUT2D eigenvalue weighted by molar-refractivity contribution is 7.99. The molecule has 0 bridgehead atoms. The number of carbonyl (C=O) groups is 1. The van der Waals surface area contributed by atoms with E-state index in [0.717, 1.165) is 35.0 Å². The Morgan fingerprint density at radius 3 is 1.54 bits per heavy atom. The summed E-state index contributed by atoms with van der Waals surface area (Å²) in [7, 11) is 0. The molecule has 2 heterocycles. The SMILES string of the molecule is NCCOc1ccc(SCCc2ccncc2)cc1.O=C(O)COc1ccc(SCCc2ccncc2)cc1. The molecule has 0 aliphatic carbocycles. The predicted octanol–water partition coefficient (Wildman–Crippen LogP) is 5.63. The largest absolute Gasteiger partial charge is 0.492 e. The van der Waals surface area contributed by atoms with Gasteiger partial charge in [0.2, 0.25) is 0 Å². The van der Waals surface area contributed by atoms with E-state index in [-0.39, 0.29) is 6.61 Å². The second-order valence-electron chi connectivity index (χ2n) is 8.17. The highest BCUT2D eigenvalue weighted by atomic mass is 32.2. The van der Waals surface area contributed by atoms with Gasteiger partial charge in [0.15, 0.2) is 6.61 Å². The zero-order valence-electron chi connectivity index (χ0n) is 21.6. The second kappa shape index (κ2) is 17.9. The van der Waals surface area contributed by atoms with Gasteiger partial charge in [-0.3, -0.25) is 9.97 Å². The lowest BCUT2D eigenvalue weighted by Gasteiger charge is -2.06. The number of benzene rings is 2. The molecule has 0 radical (unpaired) electrons. The molecule has 0 spiro atoms. The average molecular weight is 564 g/mol. The van der Waals surface area contributed by atoms with Crippen molar-refractivity contribution >= 4 is 29.5 Å². The van der Waals surface area contributed by atoms with Crippen LogP contribution in [0.5, 0.6) is 11.5 Å². The van der Waals surface area contributed by atoms with Crippen LogP contribution >= 0.6 is 23.5 Å². The number of carboxylic acid groups (broad SMARTS) is 1. The highest BCUT2D eigenvalue weighted by Gasteiger charge is 2.01. The Labute approximate surface area is 238 Å². The molecule has 2 aromatic heterocycles. The summed E-state index contributed by atoms with van der Waals surface area (Å²) in [5.74, 6) is 2.53. The minimum atomic E-state index is -0.971. The first kappa shape index (κ1) is 30.0. The van der Waals surface area contributed by atoms with Crippen molar-refractivity contribution < 1.29 is 19.4 Å². The van der Waals surface area contributed by atoms with Crippen LogP contribution in [0.1, 0.15) is 11.1 Å². The van der Waals surface area contributed by atoms with Gasteiger partial charge < -0.3 is 20.3 Å². The lowest BCUT2D eigenvalue weighted by molar-refractivity contribution is -0.139.